The summed E-state index contributed by atoms with van der Waals surface area (Å²) in [5.41, 5.74) is 2.62. The molecule has 3 aromatic carbocycles. The van der Waals surface area contributed by atoms with Gasteiger partial charge in [0.25, 0.3) is 0 Å². The molecule has 7 nitrogen and oxygen atoms in total. The number of esters is 3. The van der Waals surface area contributed by atoms with Gasteiger partial charge in [0.15, 0.2) is 6.20 Å². The molecule has 1 N–H and O–H groups in total. The highest BCUT2D eigenvalue weighted by atomic mass is 16.5. The molecule has 1 aromatic heterocycles. The van der Waals surface area contributed by atoms with Crippen LogP contribution in [0.3, 0.4) is 0 Å². The summed E-state index contributed by atoms with van der Waals surface area (Å²) in [5, 5.41) is 0. The van der Waals surface area contributed by atoms with Crippen LogP contribution >= 0.6 is 0 Å². The maximum atomic E-state index is 12.8. The molecule has 0 saturated heterocycles. The monoisotopic (exact) mass is 482 g/mol. The molecule has 180 valence electrons. The third-order valence-electron chi connectivity index (χ3n) is 5.39. The highest BCUT2D eigenvalue weighted by Gasteiger charge is 2.24. The quantitative estimate of drug-likeness (QED) is 0.337. The zero-order valence-electron chi connectivity index (χ0n) is 19.6. The molecule has 0 amide bonds. The van der Waals surface area contributed by atoms with Crippen molar-refractivity contribution >= 4 is 17.9 Å². The number of aryl methyl sites for hydroxylation is 1. The van der Waals surface area contributed by atoms with E-state index in [2.05, 4.69) is 4.98 Å². The van der Waals surface area contributed by atoms with Crippen molar-refractivity contribution in [3.8, 4) is 5.75 Å². The summed E-state index contributed by atoms with van der Waals surface area (Å²) in [6.45, 7) is 1.41. The summed E-state index contributed by atoms with van der Waals surface area (Å²) in [7, 11) is 0. The lowest BCUT2D eigenvalue weighted by atomic mass is 10.1. The first-order chi connectivity index (χ1) is 17.5. The summed E-state index contributed by atoms with van der Waals surface area (Å²) in [6.07, 6.45) is 1.64. The van der Waals surface area contributed by atoms with E-state index in [4.69, 9.17) is 14.2 Å². The lowest BCUT2D eigenvalue weighted by Gasteiger charge is -2.14. The zero-order chi connectivity index (χ0) is 25.3. The van der Waals surface area contributed by atoms with Crippen LogP contribution in [0.25, 0.3) is 0 Å². The first kappa shape index (κ1) is 24.3. The fourth-order valence-corrected chi connectivity index (χ4v) is 3.47. The number of hydrogen-bond donors (Lipinski definition) is 0. The van der Waals surface area contributed by atoms with E-state index >= 15 is 0 Å². The number of aromatic nitrogens is 1. The Hall–Kier alpha value is -4.78. The number of hydrogen-bond acceptors (Lipinski definition) is 6. The molecular weight excluding hydrogens is 458 g/mol. The first-order valence-electron chi connectivity index (χ1n) is 11.3. The molecule has 7 heteroatoms. The molecule has 0 atom stereocenters. The molecule has 0 fully saturated rings. The summed E-state index contributed by atoms with van der Waals surface area (Å²) in [5.74, 6) is -1.40. The Morgan fingerprint density at radius 3 is 1.58 bits per heavy atom. The van der Waals surface area contributed by atoms with Crippen LogP contribution in [-0.4, -0.2) is 17.9 Å². The fourth-order valence-electron chi connectivity index (χ4n) is 3.47. The minimum absolute atomic E-state index is 0.126. The topological polar surface area (TPSA) is 93.0 Å². The van der Waals surface area contributed by atoms with E-state index in [1.165, 1.54) is 0 Å². The van der Waals surface area contributed by atoms with Crippen molar-refractivity contribution in [1.82, 2.24) is 0 Å². The summed E-state index contributed by atoms with van der Waals surface area (Å²) in [6, 6.07) is 25.7. The maximum absolute atomic E-state index is 12.8. The number of benzene rings is 3. The van der Waals surface area contributed by atoms with E-state index in [1.807, 2.05) is 0 Å². The molecule has 36 heavy (non-hydrogen) atoms. The number of carbonyl (C=O) groups excluding carboxylic acids is 3. The van der Waals surface area contributed by atoms with Gasteiger partial charge in [-0.1, -0.05) is 54.6 Å². The normalized spacial score (nSPS) is 10.4. The molecule has 0 unspecified atom stereocenters. The molecule has 1 heterocycles. The van der Waals surface area contributed by atoms with Gasteiger partial charge in [0, 0.05) is 6.92 Å². The zero-order valence-corrected chi connectivity index (χ0v) is 19.6. The summed E-state index contributed by atoms with van der Waals surface area (Å²) >= 11 is 0. The lowest BCUT2D eigenvalue weighted by molar-refractivity contribution is -0.389. The Labute approximate surface area is 208 Å². The van der Waals surface area contributed by atoms with Gasteiger partial charge < -0.3 is 14.2 Å². The number of nitrogens with one attached hydrogen (secondary N) is 1. The minimum atomic E-state index is -0.568. The number of H-pyrrole nitrogens is 1. The molecule has 0 aliphatic carbocycles. The average Bonchev–Trinajstić information content (AvgIpc) is 2.93. The number of ether oxygens (including phenoxy) is 3. The highest BCUT2D eigenvalue weighted by molar-refractivity contribution is 5.91. The number of aromatic amines is 1. The minimum Gasteiger partial charge on any atom is -0.457 e. The lowest BCUT2D eigenvalue weighted by Crippen LogP contribution is -2.20. The standard InChI is InChI=1S/C29H23NO6/c1-20-26(36-29(33)23-15-9-4-10-16-23)25(19-35-28(32)22-13-7-3-8-14-22)24(17-30-20)18-34-27(31)21-11-5-2-6-12-21/h2-17H,18-19H2,1H3/p+1. The molecule has 0 saturated carbocycles. The Balaban J connectivity index is 1.61. The van der Waals surface area contributed by atoms with E-state index in [0.717, 1.165) is 0 Å². The summed E-state index contributed by atoms with van der Waals surface area (Å²) < 4.78 is 16.8. The average molecular weight is 483 g/mol. The van der Waals surface area contributed by atoms with Gasteiger partial charge in [-0.2, -0.15) is 0 Å². The predicted octanol–water partition coefficient (Wildman–Crippen LogP) is 4.74. The van der Waals surface area contributed by atoms with Crippen molar-refractivity contribution in [2.24, 2.45) is 0 Å². The van der Waals surface area contributed by atoms with Crippen molar-refractivity contribution < 1.29 is 33.6 Å². The van der Waals surface area contributed by atoms with Crippen LogP contribution in [-0.2, 0) is 22.7 Å². The molecule has 4 aromatic rings. The number of rotatable bonds is 8. The number of carbonyl (C=O) groups is 3. The van der Waals surface area contributed by atoms with Crippen molar-refractivity contribution in [3.05, 3.63) is 131 Å². The second kappa shape index (κ2) is 11.6. The third kappa shape index (κ3) is 6.01. The van der Waals surface area contributed by atoms with Crippen molar-refractivity contribution in [1.29, 1.82) is 0 Å². The third-order valence-corrected chi connectivity index (χ3v) is 5.39. The Morgan fingerprint density at radius 2 is 1.08 bits per heavy atom. The SMILES string of the molecule is Cc1[nH+]cc(COC(=O)c2ccccc2)c(COC(=O)c2ccccc2)c1OC(=O)c1ccccc1. The highest BCUT2D eigenvalue weighted by Crippen LogP contribution is 2.27. The van der Waals surface area contributed by atoms with Gasteiger partial charge in [-0.15, -0.1) is 0 Å². The van der Waals surface area contributed by atoms with Crippen LogP contribution in [0.1, 0.15) is 47.9 Å². The Kier molecular flexibility index (Phi) is 7.83. The van der Waals surface area contributed by atoms with Crippen molar-refractivity contribution in [2.45, 2.75) is 20.1 Å². The Bertz CT molecular complexity index is 1350. The van der Waals surface area contributed by atoms with Crippen LogP contribution in [0.15, 0.2) is 97.2 Å². The smallest absolute Gasteiger partial charge is 0.343 e. The van der Waals surface area contributed by atoms with E-state index in [9.17, 15) is 14.4 Å². The second-order valence-corrected chi connectivity index (χ2v) is 7.89. The molecule has 0 spiro atoms. The van der Waals surface area contributed by atoms with Crippen LogP contribution in [0.4, 0.5) is 0 Å². The van der Waals surface area contributed by atoms with Crippen LogP contribution in [0.2, 0.25) is 0 Å². The molecular formula is C29H24NO6+. The van der Waals surface area contributed by atoms with Crippen LogP contribution in [0.5, 0.6) is 5.75 Å². The second-order valence-electron chi connectivity index (χ2n) is 7.89. The molecule has 0 aliphatic rings. The molecule has 4 rings (SSSR count). The van der Waals surface area contributed by atoms with Gasteiger partial charge in [-0.05, 0) is 36.4 Å². The molecule has 0 bridgehead atoms. The van der Waals surface area contributed by atoms with E-state index in [1.54, 1.807) is 104 Å². The predicted molar refractivity (Wildman–Crippen MR) is 130 cm³/mol. The van der Waals surface area contributed by atoms with E-state index in [-0.39, 0.29) is 19.0 Å². The van der Waals surface area contributed by atoms with E-state index < -0.39 is 17.9 Å². The largest absolute Gasteiger partial charge is 0.457 e. The van der Waals surface area contributed by atoms with Crippen molar-refractivity contribution in [2.75, 3.05) is 0 Å². The molecule has 0 radical (unpaired) electrons. The van der Waals surface area contributed by atoms with Gasteiger partial charge in [-0.25, -0.2) is 19.4 Å². The van der Waals surface area contributed by atoms with Gasteiger partial charge in [0.05, 0.1) is 27.8 Å². The summed E-state index contributed by atoms with van der Waals surface area (Å²) in [4.78, 5) is 40.9. The van der Waals surface area contributed by atoms with Gasteiger partial charge in [-0.3, -0.25) is 0 Å². The molecule has 0 aliphatic heterocycles. The Morgan fingerprint density at radius 1 is 0.639 bits per heavy atom. The van der Waals surface area contributed by atoms with E-state index in [0.29, 0.717) is 33.5 Å². The van der Waals surface area contributed by atoms with Crippen LogP contribution < -0.4 is 9.72 Å². The fraction of sp³-hybridized carbons (Fsp3) is 0.103. The maximum Gasteiger partial charge on any atom is 0.343 e. The first-order valence-corrected chi connectivity index (χ1v) is 11.3. The number of pyridine rings is 1. The van der Waals surface area contributed by atoms with Gasteiger partial charge in [0.2, 0.25) is 11.4 Å². The van der Waals surface area contributed by atoms with Crippen molar-refractivity contribution in [3.63, 3.8) is 0 Å². The van der Waals surface area contributed by atoms with Gasteiger partial charge >= 0.3 is 17.9 Å². The van der Waals surface area contributed by atoms with Gasteiger partial charge in [0.1, 0.15) is 13.2 Å². The van der Waals surface area contributed by atoms with Crippen LogP contribution in [0, 0.1) is 6.92 Å².